The van der Waals surface area contributed by atoms with Gasteiger partial charge in [-0.05, 0) is 37.1 Å². The standard InChI is InChI=1S/C17H19F3N4O2/c1-11-5-4-6-13(12(11)2)21-15(25)9-23(3)16(26)10-24-8-7-14(22-24)17(18,19)20/h4-8H,9-10H2,1-3H3,(H,21,25). The van der Waals surface area contributed by atoms with Gasteiger partial charge in [0.15, 0.2) is 5.69 Å². The van der Waals surface area contributed by atoms with Crippen molar-refractivity contribution in [3.05, 3.63) is 47.3 Å². The molecule has 0 saturated heterocycles. The molecule has 140 valence electrons. The van der Waals surface area contributed by atoms with Crippen molar-refractivity contribution in [2.45, 2.75) is 26.6 Å². The molecular formula is C17H19F3N4O2. The summed E-state index contributed by atoms with van der Waals surface area (Å²) in [5.74, 6) is -0.927. The van der Waals surface area contributed by atoms with E-state index in [2.05, 4.69) is 10.4 Å². The number of nitrogens with one attached hydrogen (secondary N) is 1. The van der Waals surface area contributed by atoms with Gasteiger partial charge in [0.05, 0.1) is 6.54 Å². The maximum absolute atomic E-state index is 12.5. The lowest BCUT2D eigenvalue weighted by Crippen LogP contribution is -2.37. The van der Waals surface area contributed by atoms with Gasteiger partial charge in [0, 0.05) is 18.9 Å². The second-order valence-electron chi connectivity index (χ2n) is 5.94. The molecule has 0 bridgehead atoms. The average Bonchev–Trinajstić information content (AvgIpc) is 3.00. The van der Waals surface area contributed by atoms with Gasteiger partial charge in [-0.3, -0.25) is 14.3 Å². The lowest BCUT2D eigenvalue weighted by molar-refractivity contribution is -0.142. The molecule has 1 aromatic heterocycles. The van der Waals surface area contributed by atoms with E-state index in [1.165, 1.54) is 7.05 Å². The highest BCUT2D eigenvalue weighted by atomic mass is 19.4. The molecule has 2 aromatic rings. The highest BCUT2D eigenvalue weighted by Crippen LogP contribution is 2.27. The summed E-state index contributed by atoms with van der Waals surface area (Å²) in [6, 6.07) is 6.27. The fraction of sp³-hybridized carbons (Fsp3) is 0.353. The molecule has 1 heterocycles. The molecule has 0 spiro atoms. The number of aromatic nitrogens is 2. The van der Waals surface area contributed by atoms with Crippen LogP contribution in [0.3, 0.4) is 0 Å². The maximum atomic E-state index is 12.5. The smallest absolute Gasteiger partial charge is 0.335 e. The third-order valence-electron chi connectivity index (χ3n) is 3.91. The predicted molar refractivity (Wildman–Crippen MR) is 89.4 cm³/mol. The fourth-order valence-corrected chi connectivity index (χ4v) is 2.24. The maximum Gasteiger partial charge on any atom is 0.435 e. The predicted octanol–water partition coefficient (Wildman–Crippen LogP) is 2.62. The van der Waals surface area contributed by atoms with Crippen molar-refractivity contribution in [1.82, 2.24) is 14.7 Å². The Bertz CT molecular complexity index is 815. The van der Waals surface area contributed by atoms with Crippen LogP contribution in [-0.4, -0.2) is 40.1 Å². The fourth-order valence-electron chi connectivity index (χ4n) is 2.24. The van der Waals surface area contributed by atoms with E-state index >= 15 is 0 Å². The van der Waals surface area contributed by atoms with Crippen LogP contribution >= 0.6 is 0 Å². The van der Waals surface area contributed by atoms with E-state index in [1.54, 1.807) is 6.07 Å². The zero-order chi connectivity index (χ0) is 19.5. The summed E-state index contributed by atoms with van der Waals surface area (Å²) in [5, 5.41) is 6.04. The summed E-state index contributed by atoms with van der Waals surface area (Å²) >= 11 is 0. The summed E-state index contributed by atoms with van der Waals surface area (Å²) in [4.78, 5) is 25.3. The SMILES string of the molecule is Cc1cccc(NC(=O)CN(C)C(=O)Cn2ccc(C(F)(F)F)n2)c1C. The molecule has 0 unspecified atom stereocenters. The number of nitrogens with zero attached hydrogens (tertiary/aromatic N) is 3. The summed E-state index contributed by atoms with van der Waals surface area (Å²) in [7, 11) is 1.40. The molecule has 6 nitrogen and oxygen atoms in total. The summed E-state index contributed by atoms with van der Waals surface area (Å²) in [6.45, 7) is 3.18. The number of likely N-dealkylation sites (N-methyl/N-ethyl adjacent to an activating group) is 1. The van der Waals surface area contributed by atoms with E-state index in [-0.39, 0.29) is 13.1 Å². The van der Waals surface area contributed by atoms with Gasteiger partial charge in [0.1, 0.15) is 6.54 Å². The van der Waals surface area contributed by atoms with Crippen LogP contribution in [0.2, 0.25) is 0 Å². The van der Waals surface area contributed by atoms with Crippen molar-refractivity contribution >= 4 is 17.5 Å². The summed E-state index contributed by atoms with van der Waals surface area (Å²) < 4.78 is 38.4. The first-order chi connectivity index (χ1) is 12.1. The van der Waals surface area contributed by atoms with Crippen LogP contribution in [0.15, 0.2) is 30.5 Å². The molecule has 9 heteroatoms. The van der Waals surface area contributed by atoms with Gasteiger partial charge in [0.25, 0.3) is 0 Å². The summed E-state index contributed by atoms with van der Waals surface area (Å²) in [6.07, 6.45) is -3.49. The number of hydrogen-bond donors (Lipinski definition) is 1. The number of benzene rings is 1. The lowest BCUT2D eigenvalue weighted by atomic mass is 10.1. The molecule has 0 aliphatic carbocycles. The van der Waals surface area contributed by atoms with Crippen molar-refractivity contribution in [3.8, 4) is 0 Å². The molecule has 2 amide bonds. The van der Waals surface area contributed by atoms with E-state index in [1.807, 2.05) is 26.0 Å². The third kappa shape index (κ3) is 4.84. The quantitative estimate of drug-likeness (QED) is 0.882. The van der Waals surface area contributed by atoms with Crippen LogP contribution in [0.5, 0.6) is 0 Å². The van der Waals surface area contributed by atoms with Crippen LogP contribution in [0.25, 0.3) is 0 Å². The molecule has 2 rings (SSSR count). The van der Waals surface area contributed by atoms with Gasteiger partial charge < -0.3 is 10.2 Å². The number of halogens is 3. The molecule has 26 heavy (non-hydrogen) atoms. The normalized spacial score (nSPS) is 11.3. The number of aryl methyl sites for hydroxylation is 1. The first-order valence-corrected chi connectivity index (χ1v) is 7.78. The average molecular weight is 368 g/mol. The Morgan fingerprint density at radius 3 is 2.54 bits per heavy atom. The Balaban J connectivity index is 1.93. The van der Waals surface area contributed by atoms with Crippen LogP contribution in [0.1, 0.15) is 16.8 Å². The molecule has 0 fully saturated rings. The molecule has 0 aliphatic rings. The van der Waals surface area contributed by atoms with E-state index in [9.17, 15) is 22.8 Å². The largest absolute Gasteiger partial charge is 0.435 e. The Morgan fingerprint density at radius 2 is 1.92 bits per heavy atom. The number of hydrogen-bond acceptors (Lipinski definition) is 3. The second-order valence-corrected chi connectivity index (χ2v) is 5.94. The van der Waals surface area contributed by atoms with Crippen molar-refractivity contribution in [2.24, 2.45) is 0 Å². The van der Waals surface area contributed by atoms with Gasteiger partial charge >= 0.3 is 6.18 Å². The van der Waals surface area contributed by atoms with E-state index in [0.717, 1.165) is 33.0 Å². The van der Waals surface area contributed by atoms with E-state index in [4.69, 9.17) is 0 Å². The number of carbonyl (C=O) groups is 2. The third-order valence-corrected chi connectivity index (χ3v) is 3.91. The first-order valence-electron chi connectivity index (χ1n) is 7.78. The second kappa shape index (κ2) is 7.59. The number of carbonyl (C=O) groups excluding carboxylic acids is 2. The zero-order valence-electron chi connectivity index (χ0n) is 14.6. The Kier molecular flexibility index (Phi) is 5.69. The minimum Gasteiger partial charge on any atom is -0.335 e. The lowest BCUT2D eigenvalue weighted by Gasteiger charge is -2.17. The molecule has 1 aromatic carbocycles. The van der Waals surface area contributed by atoms with Gasteiger partial charge in [-0.15, -0.1) is 0 Å². The Morgan fingerprint density at radius 1 is 1.23 bits per heavy atom. The molecule has 0 saturated carbocycles. The van der Waals surface area contributed by atoms with Gasteiger partial charge in [-0.2, -0.15) is 18.3 Å². The zero-order valence-corrected chi connectivity index (χ0v) is 14.6. The topological polar surface area (TPSA) is 67.2 Å². The van der Waals surface area contributed by atoms with Crippen LogP contribution < -0.4 is 5.32 Å². The number of alkyl halides is 3. The monoisotopic (exact) mass is 368 g/mol. The van der Waals surface area contributed by atoms with Crippen LogP contribution in [0.4, 0.5) is 18.9 Å². The Hall–Kier alpha value is -2.84. The highest BCUT2D eigenvalue weighted by Gasteiger charge is 2.33. The molecule has 0 atom stereocenters. The van der Waals surface area contributed by atoms with E-state index in [0.29, 0.717) is 5.69 Å². The van der Waals surface area contributed by atoms with Crippen molar-refractivity contribution in [2.75, 3.05) is 18.9 Å². The van der Waals surface area contributed by atoms with Crippen LogP contribution in [-0.2, 0) is 22.3 Å². The molecular weight excluding hydrogens is 349 g/mol. The van der Waals surface area contributed by atoms with Gasteiger partial charge in [0.2, 0.25) is 11.8 Å². The highest BCUT2D eigenvalue weighted by molar-refractivity contribution is 5.95. The van der Waals surface area contributed by atoms with Gasteiger partial charge in [-0.25, -0.2) is 0 Å². The van der Waals surface area contributed by atoms with Crippen molar-refractivity contribution < 1.29 is 22.8 Å². The van der Waals surface area contributed by atoms with E-state index < -0.39 is 23.7 Å². The minimum atomic E-state index is -4.56. The van der Waals surface area contributed by atoms with Crippen molar-refractivity contribution in [1.29, 1.82) is 0 Å². The molecule has 0 radical (unpaired) electrons. The Labute approximate surface area is 148 Å². The number of amides is 2. The van der Waals surface area contributed by atoms with Crippen molar-refractivity contribution in [3.63, 3.8) is 0 Å². The summed E-state index contributed by atoms with van der Waals surface area (Å²) in [5.41, 5.74) is 1.52. The molecule has 0 aliphatic heterocycles. The van der Waals surface area contributed by atoms with Gasteiger partial charge in [-0.1, -0.05) is 12.1 Å². The van der Waals surface area contributed by atoms with Crippen LogP contribution in [0, 0.1) is 13.8 Å². The number of rotatable bonds is 5. The first kappa shape index (κ1) is 19.5. The minimum absolute atomic E-state index is 0.223. The molecule has 1 N–H and O–H groups in total. The number of anilines is 1.